The van der Waals surface area contributed by atoms with Crippen LogP contribution in [0.3, 0.4) is 0 Å². The molecule has 2 N–H and O–H groups in total. The van der Waals surface area contributed by atoms with Crippen LogP contribution in [0.1, 0.15) is 31.9 Å². The molecule has 188 valence electrons. The van der Waals surface area contributed by atoms with Crippen molar-refractivity contribution in [3.8, 4) is 28.7 Å². The van der Waals surface area contributed by atoms with Crippen LogP contribution in [-0.2, 0) is 16.2 Å². The fourth-order valence-corrected chi connectivity index (χ4v) is 4.19. The molecule has 0 fully saturated rings. The first-order chi connectivity index (χ1) is 16.7. The lowest BCUT2D eigenvalue weighted by molar-refractivity contribution is -0.137. The zero-order valence-corrected chi connectivity index (χ0v) is 20.3. The molecule has 0 unspecified atom stereocenters. The number of hydrogen-bond donors (Lipinski definition) is 2. The van der Waals surface area contributed by atoms with Crippen molar-refractivity contribution in [3.05, 3.63) is 77.9 Å². The average Bonchev–Trinajstić information content (AvgIpc) is 2.77. The Labute approximate surface area is 206 Å². The van der Waals surface area contributed by atoms with E-state index in [9.17, 15) is 31.6 Å². The highest BCUT2D eigenvalue weighted by Gasteiger charge is 2.30. The number of nitrogens with zero attached hydrogens (tertiary/aromatic N) is 1. The summed E-state index contributed by atoms with van der Waals surface area (Å²) in [7, 11) is -4.44. The maximum absolute atomic E-state index is 13.0. The van der Waals surface area contributed by atoms with Crippen LogP contribution in [-0.4, -0.2) is 20.0 Å². The highest BCUT2D eigenvalue weighted by atomic mass is 32.2. The number of urea groups is 1. The monoisotopic (exact) mass is 517 g/mol. The van der Waals surface area contributed by atoms with Gasteiger partial charge in [-0.05, 0) is 74.4 Å². The first-order valence-electron chi connectivity index (χ1n) is 10.5. The molecule has 0 spiro atoms. The number of rotatable bonds is 5. The number of nitrogens with one attached hydrogen (secondary N) is 2. The lowest BCUT2D eigenvalue weighted by Gasteiger charge is -2.21. The SMILES string of the molecule is CC(C)(C)NC(=O)NS(=O)(=O)c1cc(C#N)ccc1Oc1cccc(-c2ccc(C(F)(F)F)cc2)c1. The van der Waals surface area contributed by atoms with Gasteiger partial charge in [0.15, 0.2) is 0 Å². The second kappa shape index (κ2) is 9.91. The molecule has 0 aromatic heterocycles. The van der Waals surface area contributed by atoms with Crippen molar-refractivity contribution < 1.29 is 31.1 Å². The van der Waals surface area contributed by atoms with Gasteiger partial charge in [-0.25, -0.2) is 17.9 Å². The molecule has 3 rings (SSSR count). The van der Waals surface area contributed by atoms with E-state index in [1.54, 1.807) is 32.9 Å². The van der Waals surface area contributed by atoms with Gasteiger partial charge in [-0.1, -0.05) is 24.3 Å². The molecule has 0 radical (unpaired) electrons. The summed E-state index contributed by atoms with van der Waals surface area (Å²) in [5.74, 6) is 0.0299. The standard InChI is InChI=1S/C25H22F3N3O4S/c1-24(2,3)30-23(32)31-36(33,34)22-13-16(15-29)7-12-21(22)35-20-6-4-5-18(14-20)17-8-10-19(11-9-17)25(26,27)28/h4-14H,1-3H3,(H2,30,31,32). The molecule has 3 aromatic carbocycles. The van der Waals surface area contributed by atoms with Crippen LogP contribution >= 0.6 is 0 Å². The number of nitriles is 1. The van der Waals surface area contributed by atoms with Crippen molar-refractivity contribution in [2.75, 3.05) is 0 Å². The first-order valence-corrected chi connectivity index (χ1v) is 12.0. The van der Waals surface area contributed by atoms with Crippen molar-refractivity contribution in [1.29, 1.82) is 5.26 Å². The zero-order chi connectivity index (χ0) is 26.7. The molecule has 2 amide bonds. The highest BCUT2D eigenvalue weighted by Crippen LogP contribution is 2.34. The smallest absolute Gasteiger partial charge is 0.416 e. The normalized spacial score (nSPS) is 11.9. The zero-order valence-electron chi connectivity index (χ0n) is 19.5. The molecule has 0 aliphatic rings. The molecule has 7 nitrogen and oxygen atoms in total. The van der Waals surface area contributed by atoms with E-state index in [1.165, 1.54) is 36.4 Å². The van der Waals surface area contributed by atoms with Crippen LogP contribution in [0, 0.1) is 11.3 Å². The Morgan fingerprint density at radius 3 is 2.19 bits per heavy atom. The summed E-state index contributed by atoms with van der Waals surface area (Å²) < 4.78 is 72.2. The summed E-state index contributed by atoms with van der Waals surface area (Å²) in [6.45, 7) is 5.02. The van der Waals surface area contributed by atoms with Gasteiger partial charge < -0.3 is 10.1 Å². The molecule has 3 aromatic rings. The summed E-state index contributed by atoms with van der Waals surface area (Å²) in [4.78, 5) is 11.7. The van der Waals surface area contributed by atoms with Gasteiger partial charge in [-0.3, -0.25) is 0 Å². The number of benzene rings is 3. The first kappa shape index (κ1) is 26.6. The van der Waals surface area contributed by atoms with Crippen molar-refractivity contribution in [2.45, 2.75) is 37.4 Å². The van der Waals surface area contributed by atoms with E-state index < -0.39 is 38.2 Å². The molecule has 11 heteroatoms. The van der Waals surface area contributed by atoms with Crippen LogP contribution in [0.15, 0.2) is 71.6 Å². The van der Waals surface area contributed by atoms with Crippen LogP contribution in [0.25, 0.3) is 11.1 Å². The average molecular weight is 518 g/mol. The quantitative estimate of drug-likeness (QED) is 0.443. The molecule has 0 atom stereocenters. The summed E-state index contributed by atoms with van der Waals surface area (Å²) >= 11 is 0. The number of ether oxygens (including phenoxy) is 1. The molecule has 0 aliphatic heterocycles. The van der Waals surface area contributed by atoms with Gasteiger partial charge >= 0.3 is 12.2 Å². The van der Waals surface area contributed by atoms with E-state index in [4.69, 9.17) is 4.74 Å². The number of sulfonamides is 1. The number of alkyl halides is 3. The van der Waals surface area contributed by atoms with E-state index in [1.807, 2.05) is 10.8 Å². The Bertz CT molecular complexity index is 1420. The van der Waals surface area contributed by atoms with E-state index in [2.05, 4.69) is 5.32 Å². The van der Waals surface area contributed by atoms with Gasteiger partial charge in [0.25, 0.3) is 10.0 Å². The van der Waals surface area contributed by atoms with Crippen LogP contribution < -0.4 is 14.8 Å². The second-order valence-electron chi connectivity index (χ2n) is 8.79. The van der Waals surface area contributed by atoms with E-state index >= 15 is 0 Å². The molecule has 0 saturated heterocycles. The highest BCUT2D eigenvalue weighted by molar-refractivity contribution is 7.90. The van der Waals surface area contributed by atoms with Crippen molar-refractivity contribution in [2.24, 2.45) is 0 Å². The lowest BCUT2D eigenvalue weighted by atomic mass is 10.0. The van der Waals surface area contributed by atoms with Gasteiger partial charge in [0, 0.05) is 5.54 Å². The summed E-state index contributed by atoms with van der Waals surface area (Å²) in [6, 6.07) is 15.4. The molecule has 0 heterocycles. The number of carbonyl (C=O) groups excluding carboxylic acids is 1. The number of hydrogen-bond acceptors (Lipinski definition) is 5. The summed E-state index contributed by atoms with van der Waals surface area (Å²) in [5, 5.41) is 11.7. The Balaban J connectivity index is 1.93. The number of halogens is 3. The van der Waals surface area contributed by atoms with Crippen LogP contribution in [0.2, 0.25) is 0 Å². The maximum atomic E-state index is 13.0. The van der Waals surface area contributed by atoms with Gasteiger partial charge in [-0.15, -0.1) is 0 Å². The predicted molar refractivity (Wildman–Crippen MR) is 127 cm³/mol. The molecular formula is C25H22F3N3O4S. The third-order valence-corrected chi connectivity index (χ3v) is 6.04. The van der Waals surface area contributed by atoms with Gasteiger partial charge in [-0.2, -0.15) is 18.4 Å². The van der Waals surface area contributed by atoms with E-state index in [-0.39, 0.29) is 17.1 Å². The molecular weight excluding hydrogens is 495 g/mol. The lowest BCUT2D eigenvalue weighted by Crippen LogP contribution is -2.48. The Hall–Kier alpha value is -4.04. The second-order valence-corrected chi connectivity index (χ2v) is 10.4. The van der Waals surface area contributed by atoms with Crippen molar-refractivity contribution >= 4 is 16.1 Å². The maximum Gasteiger partial charge on any atom is 0.416 e. The Morgan fingerprint density at radius 2 is 1.61 bits per heavy atom. The van der Waals surface area contributed by atoms with Crippen molar-refractivity contribution in [1.82, 2.24) is 10.0 Å². The third-order valence-electron chi connectivity index (χ3n) is 4.69. The van der Waals surface area contributed by atoms with Gasteiger partial charge in [0.1, 0.15) is 16.4 Å². The van der Waals surface area contributed by atoms with Crippen LogP contribution in [0.4, 0.5) is 18.0 Å². The van der Waals surface area contributed by atoms with Crippen molar-refractivity contribution in [3.63, 3.8) is 0 Å². The Morgan fingerprint density at radius 1 is 0.944 bits per heavy atom. The number of amides is 2. The number of carbonyl (C=O) groups is 1. The summed E-state index contributed by atoms with van der Waals surface area (Å²) in [5.41, 5.74) is -0.443. The van der Waals surface area contributed by atoms with Gasteiger partial charge in [0.05, 0.1) is 17.2 Å². The fourth-order valence-electron chi connectivity index (χ4n) is 3.13. The topological polar surface area (TPSA) is 108 Å². The minimum atomic E-state index is -4.46. The third kappa shape index (κ3) is 6.76. The fraction of sp³-hybridized carbons (Fsp3) is 0.200. The minimum absolute atomic E-state index is 0.0254. The molecule has 0 saturated carbocycles. The van der Waals surface area contributed by atoms with E-state index in [0.717, 1.165) is 18.2 Å². The predicted octanol–water partition coefficient (Wildman–Crippen LogP) is 5.82. The molecule has 36 heavy (non-hydrogen) atoms. The largest absolute Gasteiger partial charge is 0.456 e. The molecule has 0 bridgehead atoms. The van der Waals surface area contributed by atoms with Crippen LogP contribution in [0.5, 0.6) is 11.5 Å². The summed E-state index contributed by atoms with van der Waals surface area (Å²) in [6.07, 6.45) is -4.46. The van der Waals surface area contributed by atoms with E-state index in [0.29, 0.717) is 11.1 Å². The Kier molecular flexibility index (Phi) is 7.31. The minimum Gasteiger partial charge on any atom is -0.456 e. The van der Waals surface area contributed by atoms with Gasteiger partial charge in [0.2, 0.25) is 0 Å². The molecule has 0 aliphatic carbocycles.